The fraction of sp³-hybridized carbons (Fsp3) is 0.951. The number of fused-ring (bicyclic) bond motifs is 1. The Morgan fingerprint density at radius 1 is 0.946 bits per heavy atom. The second-order valence-electron chi connectivity index (χ2n) is 17.7. The summed E-state index contributed by atoms with van der Waals surface area (Å²) < 4.78 is 42.7. The molecule has 3 aliphatic carbocycles. The predicted molar refractivity (Wildman–Crippen MR) is 216 cm³/mol. The summed E-state index contributed by atoms with van der Waals surface area (Å²) in [6, 6.07) is 2.19. The highest BCUT2D eigenvalue weighted by molar-refractivity contribution is 7.44. The maximum Gasteiger partial charge on any atom is 0.259 e. The van der Waals surface area contributed by atoms with Gasteiger partial charge in [0, 0.05) is 32.7 Å². The van der Waals surface area contributed by atoms with E-state index in [-0.39, 0.29) is 54.5 Å². The van der Waals surface area contributed by atoms with Crippen LogP contribution in [0.1, 0.15) is 124 Å². The molecular formula is C41H74N7O7P. The van der Waals surface area contributed by atoms with Gasteiger partial charge in [0.2, 0.25) is 5.91 Å². The molecule has 0 aromatic heterocycles. The monoisotopic (exact) mass is 808 g/mol. The molecule has 0 aromatic carbocycles. The largest absolute Gasteiger partial charge is 0.381 e. The summed E-state index contributed by atoms with van der Waals surface area (Å²) in [4.78, 5) is 15.4. The second-order valence-corrected chi connectivity index (χ2v) is 19.1. The van der Waals surface area contributed by atoms with E-state index >= 15 is 0 Å². The standard InChI is InChI=1S/C41H74N7O7P/c1-27(2)48(28(3)4)56(53-23-11-22-42)55-34-24-36(47-26-44-37-38(47)45-40(43-5)46-39(37)49)54-35(34)25-52-41(29-12-9-8-10-13-29,30-14-18-32(50-6)19-15-30)31-16-20-33(51-7)21-17-31/h27-38,40,43-45H,8-21,23-26H2,1-7H3,(H,46,49). The van der Waals surface area contributed by atoms with Crippen LogP contribution in [-0.2, 0) is 32.8 Å². The number of methoxy groups -OCH3 is 2. The van der Waals surface area contributed by atoms with Crippen LogP contribution in [0.4, 0.5) is 0 Å². The van der Waals surface area contributed by atoms with Gasteiger partial charge in [0.25, 0.3) is 8.53 Å². The van der Waals surface area contributed by atoms with E-state index in [0.29, 0.717) is 62.7 Å². The molecule has 6 rings (SSSR count). The normalized spacial score (nSPS) is 36.4. The van der Waals surface area contributed by atoms with Crippen molar-refractivity contribution in [2.24, 2.45) is 17.8 Å². The number of hydrogen-bond acceptors (Lipinski definition) is 13. The van der Waals surface area contributed by atoms with Crippen molar-refractivity contribution in [3.63, 3.8) is 0 Å². The van der Waals surface area contributed by atoms with Crippen LogP contribution in [0.2, 0.25) is 0 Å². The van der Waals surface area contributed by atoms with Gasteiger partial charge in [0.1, 0.15) is 24.7 Å². The molecular weight excluding hydrogens is 733 g/mol. The Balaban J connectivity index is 1.32. The van der Waals surface area contributed by atoms with Crippen LogP contribution >= 0.6 is 8.53 Å². The molecule has 56 heavy (non-hydrogen) atoms. The summed E-state index contributed by atoms with van der Waals surface area (Å²) in [6.07, 6.45) is 14.9. The minimum absolute atomic E-state index is 0.0381. The highest BCUT2D eigenvalue weighted by Crippen LogP contribution is 2.54. The van der Waals surface area contributed by atoms with Crippen molar-refractivity contribution < 1.29 is 32.8 Å². The molecule has 3 heterocycles. The van der Waals surface area contributed by atoms with E-state index < -0.39 is 14.6 Å². The van der Waals surface area contributed by atoms with E-state index in [4.69, 9.17) is 28.0 Å². The zero-order chi connectivity index (χ0) is 39.8. The summed E-state index contributed by atoms with van der Waals surface area (Å²) in [5.74, 6) is 1.36. The Labute approximate surface area is 338 Å². The van der Waals surface area contributed by atoms with Crippen LogP contribution in [0, 0.1) is 29.1 Å². The van der Waals surface area contributed by atoms with Crippen molar-refractivity contribution in [1.29, 1.82) is 5.26 Å². The summed E-state index contributed by atoms with van der Waals surface area (Å²) in [5, 5.41) is 22.6. The number of nitriles is 1. The van der Waals surface area contributed by atoms with E-state index in [9.17, 15) is 10.1 Å². The topological polar surface area (TPSA) is 151 Å². The Bertz CT molecular complexity index is 1230. The summed E-state index contributed by atoms with van der Waals surface area (Å²) >= 11 is 0. The highest BCUT2D eigenvalue weighted by atomic mass is 31.2. The Morgan fingerprint density at radius 2 is 1.55 bits per heavy atom. The molecule has 0 bridgehead atoms. The van der Waals surface area contributed by atoms with Gasteiger partial charge in [-0.25, -0.2) is 9.57 Å². The van der Waals surface area contributed by atoms with Gasteiger partial charge in [-0.05, 0) is 117 Å². The SMILES string of the molecule is CNC1NC(=O)C2NCN(C3CC(OP(OCCC#N)N(C(C)C)C(C)C)C(COC(C4CCCCC4)(C4CCC(OC)CC4)C4CCC(OC)CC4)O3)C2N1. The first-order chi connectivity index (χ1) is 27.1. The average Bonchev–Trinajstić information content (AvgIpc) is 3.83. The lowest BCUT2D eigenvalue weighted by Crippen LogP contribution is -2.71. The molecule has 3 aliphatic heterocycles. The molecule has 3 saturated carbocycles. The number of ether oxygens (including phenoxy) is 4. The highest BCUT2D eigenvalue weighted by Gasteiger charge is 2.55. The van der Waals surface area contributed by atoms with Crippen LogP contribution in [0.25, 0.3) is 0 Å². The number of carbonyl (C=O) groups is 1. The lowest BCUT2D eigenvalue weighted by Gasteiger charge is -2.55. The number of nitrogens with one attached hydrogen (secondary N) is 4. The molecule has 7 unspecified atom stereocenters. The molecule has 15 heteroatoms. The molecule has 0 spiro atoms. The van der Waals surface area contributed by atoms with Crippen LogP contribution in [0.5, 0.6) is 0 Å². The van der Waals surface area contributed by atoms with Crippen molar-refractivity contribution >= 4 is 14.4 Å². The zero-order valence-electron chi connectivity index (χ0n) is 35.4. The van der Waals surface area contributed by atoms with E-state index in [1.165, 1.54) is 32.1 Å². The van der Waals surface area contributed by atoms with E-state index in [1.807, 2.05) is 21.3 Å². The third-order valence-corrected chi connectivity index (χ3v) is 16.0. The summed E-state index contributed by atoms with van der Waals surface area (Å²) in [5.41, 5.74) is -0.261. The van der Waals surface area contributed by atoms with Gasteiger partial charge in [0.15, 0.2) is 0 Å². The van der Waals surface area contributed by atoms with Crippen LogP contribution in [0.3, 0.4) is 0 Å². The minimum Gasteiger partial charge on any atom is -0.381 e. The molecule has 6 fully saturated rings. The molecule has 0 radical (unpaired) electrons. The van der Waals surface area contributed by atoms with Crippen molar-refractivity contribution in [3.8, 4) is 6.07 Å². The van der Waals surface area contributed by atoms with Crippen LogP contribution < -0.4 is 21.3 Å². The van der Waals surface area contributed by atoms with Crippen molar-refractivity contribution in [2.75, 3.05) is 41.1 Å². The van der Waals surface area contributed by atoms with Crippen molar-refractivity contribution in [2.45, 2.75) is 191 Å². The number of amides is 1. The minimum atomic E-state index is -1.51. The molecule has 0 aromatic rings. The first-order valence-corrected chi connectivity index (χ1v) is 23.1. The summed E-state index contributed by atoms with van der Waals surface area (Å²) in [6.45, 7) is 9.92. The number of carbonyl (C=O) groups excluding carboxylic acids is 1. The molecule has 320 valence electrons. The van der Waals surface area contributed by atoms with Crippen molar-refractivity contribution in [3.05, 3.63) is 0 Å². The predicted octanol–water partition coefficient (Wildman–Crippen LogP) is 5.29. The third kappa shape index (κ3) is 10.1. The van der Waals surface area contributed by atoms with E-state index in [2.05, 4.69) is 64.6 Å². The fourth-order valence-electron chi connectivity index (χ4n) is 11.1. The molecule has 4 N–H and O–H groups in total. The molecule has 7 atom stereocenters. The first-order valence-electron chi connectivity index (χ1n) is 22.0. The number of rotatable bonds is 18. The molecule has 1 amide bonds. The number of hydrogen-bond donors (Lipinski definition) is 4. The molecule has 6 aliphatic rings. The van der Waals surface area contributed by atoms with E-state index in [1.54, 1.807) is 0 Å². The van der Waals surface area contributed by atoms with E-state index in [0.717, 1.165) is 51.4 Å². The summed E-state index contributed by atoms with van der Waals surface area (Å²) in [7, 11) is 4.05. The third-order valence-electron chi connectivity index (χ3n) is 13.8. The Hall–Kier alpha value is -1.05. The number of nitrogens with zero attached hydrogens (tertiary/aromatic N) is 3. The van der Waals surface area contributed by atoms with Gasteiger partial charge in [-0.2, -0.15) is 5.26 Å². The fourth-order valence-corrected chi connectivity index (χ4v) is 12.9. The Kier molecular flexibility index (Phi) is 16.7. The molecule has 3 saturated heterocycles. The van der Waals surface area contributed by atoms with Gasteiger partial charge >= 0.3 is 0 Å². The maximum absolute atomic E-state index is 13.1. The van der Waals surface area contributed by atoms with Gasteiger partial charge in [-0.1, -0.05) is 19.3 Å². The Morgan fingerprint density at radius 3 is 2.11 bits per heavy atom. The first kappa shape index (κ1) is 44.5. The van der Waals surface area contributed by atoms with Gasteiger partial charge in [-0.15, -0.1) is 0 Å². The lowest BCUT2D eigenvalue weighted by atomic mass is 9.58. The van der Waals surface area contributed by atoms with Gasteiger partial charge < -0.3 is 33.3 Å². The quantitative estimate of drug-likeness (QED) is 0.105. The van der Waals surface area contributed by atoms with Gasteiger partial charge in [-0.3, -0.25) is 20.7 Å². The smallest absolute Gasteiger partial charge is 0.259 e. The lowest BCUT2D eigenvalue weighted by molar-refractivity contribution is -0.213. The molecule has 14 nitrogen and oxygen atoms in total. The van der Waals surface area contributed by atoms with Gasteiger partial charge in [0.05, 0.1) is 62.5 Å². The zero-order valence-corrected chi connectivity index (χ0v) is 36.3. The maximum atomic E-state index is 13.1. The van der Waals surface area contributed by atoms with Crippen LogP contribution in [0.15, 0.2) is 0 Å². The van der Waals surface area contributed by atoms with Crippen LogP contribution in [-0.4, -0.2) is 123 Å². The second kappa shape index (κ2) is 21.0. The average molecular weight is 808 g/mol. The van der Waals surface area contributed by atoms with Crippen molar-refractivity contribution in [1.82, 2.24) is 30.8 Å².